The highest BCUT2D eigenvalue weighted by molar-refractivity contribution is 9.10. The normalized spacial score (nSPS) is 10.7. The highest BCUT2D eigenvalue weighted by atomic mass is 79.9. The summed E-state index contributed by atoms with van der Waals surface area (Å²) >= 11 is 3.48. The van der Waals surface area contributed by atoms with Gasteiger partial charge in [0.2, 0.25) is 0 Å². The van der Waals surface area contributed by atoms with Gasteiger partial charge in [0.25, 0.3) is 5.91 Å². The summed E-state index contributed by atoms with van der Waals surface area (Å²) < 4.78 is 11.8. The van der Waals surface area contributed by atoms with Crippen molar-refractivity contribution in [3.05, 3.63) is 22.2 Å². The van der Waals surface area contributed by atoms with E-state index in [-0.39, 0.29) is 11.9 Å². The van der Waals surface area contributed by atoms with E-state index in [2.05, 4.69) is 29.8 Å². The van der Waals surface area contributed by atoms with Gasteiger partial charge in [-0.25, -0.2) is 0 Å². The van der Waals surface area contributed by atoms with E-state index in [0.29, 0.717) is 23.7 Å². The molecular weight excluding hydrogens is 346 g/mol. The molecule has 22 heavy (non-hydrogen) atoms. The van der Waals surface area contributed by atoms with Crippen molar-refractivity contribution in [2.45, 2.75) is 46.1 Å². The van der Waals surface area contributed by atoms with Crippen LogP contribution < -0.4 is 9.47 Å². The Bertz CT molecular complexity index is 501. The molecule has 0 aliphatic heterocycles. The Balaban J connectivity index is 3.10. The first kappa shape index (κ1) is 18.8. The van der Waals surface area contributed by atoms with Crippen LogP contribution in [0.5, 0.6) is 11.5 Å². The second kappa shape index (κ2) is 9.03. The molecule has 0 N–H and O–H groups in total. The summed E-state index contributed by atoms with van der Waals surface area (Å²) in [6, 6.07) is 3.79. The highest BCUT2D eigenvalue weighted by Gasteiger charge is 2.21. The van der Waals surface area contributed by atoms with Crippen LogP contribution >= 0.6 is 15.9 Å². The fourth-order valence-electron chi connectivity index (χ4n) is 2.39. The van der Waals surface area contributed by atoms with E-state index in [4.69, 9.17) is 9.47 Å². The number of halogens is 1. The van der Waals surface area contributed by atoms with Gasteiger partial charge in [-0.05, 0) is 47.3 Å². The Morgan fingerprint density at radius 2 is 1.91 bits per heavy atom. The highest BCUT2D eigenvalue weighted by Crippen LogP contribution is 2.37. The molecule has 0 aromatic heterocycles. The monoisotopic (exact) mass is 371 g/mol. The molecule has 1 rings (SSSR count). The van der Waals surface area contributed by atoms with Crippen molar-refractivity contribution in [3.63, 3.8) is 0 Å². The smallest absolute Gasteiger partial charge is 0.254 e. The van der Waals surface area contributed by atoms with Crippen molar-refractivity contribution in [3.8, 4) is 11.5 Å². The zero-order valence-electron chi connectivity index (χ0n) is 14.1. The summed E-state index contributed by atoms with van der Waals surface area (Å²) in [5, 5.41) is 0. The number of amides is 1. The first-order valence-electron chi connectivity index (χ1n) is 7.77. The third-order valence-corrected chi connectivity index (χ3v) is 4.33. The molecule has 0 saturated carbocycles. The van der Waals surface area contributed by atoms with Crippen LogP contribution in [-0.4, -0.2) is 37.6 Å². The van der Waals surface area contributed by atoms with Gasteiger partial charge in [-0.1, -0.05) is 20.8 Å². The van der Waals surface area contributed by atoms with E-state index < -0.39 is 0 Å². The first-order chi connectivity index (χ1) is 10.5. The predicted octanol–water partition coefficient (Wildman–Crippen LogP) is 4.51. The van der Waals surface area contributed by atoms with Gasteiger partial charge in [-0.3, -0.25) is 4.79 Å². The number of methoxy groups -OCH3 is 1. The van der Waals surface area contributed by atoms with Crippen LogP contribution in [0.2, 0.25) is 0 Å². The molecule has 1 aromatic rings. The summed E-state index contributed by atoms with van der Waals surface area (Å²) in [5.41, 5.74) is 0.599. The van der Waals surface area contributed by atoms with Crippen molar-refractivity contribution in [2.24, 2.45) is 0 Å². The van der Waals surface area contributed by atoms with Crippen molar-refractivity contribution in [1.82, 2.24) is 4.90 Å². The molecule has 1 aromatic carbocycles. The van der Waals surface area contributed by atoms with Gasteiger partial charge in [0.1, 0.15) is 0 Å². The third-order valence-electron chi connectivity index (χ3n) is 3.74. The minimum Gasteiger partial charge on any atom is -0.493 e. The third kappa shape index (κ3) is 4.38. The molecule has 0 unspecified atom stereocenters. The number of carbonyl (C=O) groups is 1. The molecule has 0 spiro atoms. The van der Waals surface area contributed by atoms with Crippen LogP contribution in [0.1, 0.15) is 50.4 Å². The van der Waals surface area contributed by atoms with Crippen LogP contribution in [0.3, 0.4) is 0 Å². The standard InChI is InChI=1S/C17H26BrNO3/c1-6-9-22-16-14(18)10-12(11-15(16)21-5)17(20)19(4)13(7-2)8-3/h10-11,13H,6-9H2,1-5H3. The molecule has 0 bridgehead atoms. The summed E-state index contributed by atoms with van der Waals surface area (Å²) in [6.07, 6.45) is 2.79. The maximum Gasteiger partial charge on any atom is 0.254 e. The minimum absolute atomic E-state index is 0.00487. The lowest BCUT2D eigenvalue weighted by Gasteiger charge is -2.26. The second-order valence-corrected chi connectivity index (χ2v) is 6.08. The first-order valence-corrected chi connectivity index (χ1v) is 8.56. The maximum atomic E-state index is 12.7. The van der Waals surface area contributed by atoms with Gasteiger partial charge < -0.3 is 14.4 Å². The van der Waals surface area contributed by atoms with E-state index in [1.807, 2.05) is 14.0 Å². The van der Waals surface area contributed by atoms with E-state index >= 15 is 0 Å². The molecule has 0 heterocycles. The number of carbonyl (C=O) groups excluding carboxylic acids is 1. The van der Waals surface area contributed by atoms with Gasteiger partial charge in [0, 0.05) is 18.7 Å². The minimum atomic E-state index is -0.00487. The van der Waals surface area contributed by atoms with Crippen molar-refractivity contribution < 1.29 is 14.3 Å². The Labute approximate surface area is 141 Å². The number of hydrogen-bond acceptors (Lipinski definition) is 3. The summed E-state index contributed by atoms with van der Waals surface area (Å²) in [5.74, 6) is 1.21. The lowest BCUT2D eigenvalue weighted by Crippen LogP contribution is -2.36. The summed E-state index contributed by atoms with van der Waals surface area (Å²) in [7, 11) is 3.43. The van der Waals surface area contributed by atoms with Crippen LogP contribution in [0.4, 0.5) is 0 Å². The fourth-order valence-corrected chi connectivity index (χ4v) is 2.95. The predicted molar refractivity (Wildman–Crippen MR) is 92.9 cm³/mol. The molecule has 0 aliphatic carbocycles. The van der Waals surface area contributed by atoms with E-state index in [1.165, 1.54) is 0 Å². The lowest BCUT2D eigenvalue weighted by atomic mass is 10.1. The van der Waals surface area contributed by atoms with Gasteiger partial charge in [-0.15, -0.1) is 0 Å². The summed E-state index contributed by atoms with van der Waals surface area (Å²) in [6.45, 7) is 6.84. The van der Waals surface area contributed by atoms with Crippen molar-refractivity contribution in [1.29, 1.82) is 0 Å². The molecular formula is C17H26BrNO3. The zero-order valence-corrected chi connectivity index (χ0v) is 15.7. The molecule has 5 heteroatoms. The Morgan fingerprint density at radius 3 is 2.41 bits per heavy atom. The van der Waals surface area contributed by atoms with Gasteiger partial charge in [0.15, 0.2) is 11.5 Å². The Hall–Kier alpha value is -1.23. The molecule has 1 amide bonds. The molecule has 0 aliphatic rings. The molecule has 0 radical (unpaired) electrons. The van der Waals surface area contributed by atoms with Crippen LogP contribution in [0.15, 0.2) is 16.6 Å². The number of rotatable bonds is 8. The zero-order chi connectivity index (χ0) is 16.7. The average molecular weight is 372 g/mol. The van der Waals surface area contributed by atoms with Gasteiger partial charge in [-0.2, -0.15) is 0 Å². The van der Waals surface area contributed by atoms with Crippen molar-refractivity contribution >= 4 is 21.8 Å². The molecule has 0 saturated heterocycles. The van der Waals surface area contributed by atoms with E-state index in [9.17, 15) is 4.79 Å². The van der Waals surface area contributed by atoms with Crippen LogP contribution in [-0.2, 0) is 0 Å². The van der Waals surface area contributed by atoms with Crippen molar-refractivity contribution in [2.75, 3.05) is 20.8 Å². The molecule has 124 valence electrons. The lowest BCUT2D eigenvalue weighted by molar-refractivity contribution is 0.0723. The van der Waals surface area contributed by atoms with E-state index in [0.717, 1.165) is 23.7 Å². The Kier molecular flexibility index (Phi) is 7.73. The number of benzene rings is 1. The number of ether oxygens (including phenoxy) is 2. The molecule has 4 nitrogen and oxygen atoms in total. The average Bonchev–Trinajstić information content (AvgIpc) is 2.53. The van der Waals surface area contributed by atoms with Crippen LogP contribution in [0.25, 0.3) is 0 Å². The van der Waals surface area contributed by atoms with Gasteiger partial charge in [0.05, 0.1) is 18.2 Å². The van der Waals surface area contributed by atoms with Gasteiger partial charge >= 0.3 is 0 Å². The SMILES string of the molecule is CCCOc1c(Br)cc(C(=O)N(C)C(CC)CC)cc1OC. The second-order valence-electron chi connectivity index (χ2n) is 5.22. The van der Waals surface area contributed by atoms with E-state index in [1.54, 1.807) is 24.1 Å². The Morgan fingerprint density at radius 1 is 1.27 bits per heavy atom. The molecule has 0 atom stereocenters. The van der Waals surface area contributed by atoms with Crippen LogP contribution in [0, 0.1) is 0 Å². The molecule has 0 fully saturated rings. The maximum absolute atomic E-state index is 12.7. The topological polar surface area (TPSA) is 38.8 Å². The number of hydrogen-bond donors (Lipinski definition) is 0. The largest absolute Gasteiger partial charge is 0.493 e. The number of nitrogens with zero attached hydrogens (tertiary/aromatic N) is 1. The fraction of sp³-hybridized carbons (Fsp3) is 0.588. The quantitative estimate of drug-likeness (QED) is 0.674. The summed E-state index contributed by atoms with van der Waals surface area (Å²) in [4.78, 5) is 14.5.